The monoisotopic (exact) mass is 271 g/mol. The summed E-state index contributed by atoms with van der Waals surface area (Å²) in [6.07, 6.45) is 1.83. The Kier molecular flexibility index (Phi) is 3.04. The van der Waals surface area contributed by atoms with E-state index in [4.69, 9.17) is 0 Å². The number of nitrogens with zero attached hydrogens (tertiary/aromatic N) is 2. The average Bonchev–Trinajstić information content (AvgIpc) is 2.88. The minimum absolute atomic E-state index is 0.0110. The number of carbonyl (C=O) groups is 1. The second-order valence-electron chi connectivity index (χ2n) is 5.46. The molecular formula is C15H17N3O2. The lowest BCUT2D eigenvalue weighted by molar-refractivity contribution is -0.118. The van der Waals surface area contributed by atoms with Gasteiger partial charge in [-0.2, -0.15) is 0 Å². The number of rotatable bonds is 2. The van der Waals surface area contributed by atoms with Gasteiger partial charge in [-0.3, -0.25) is 14.2 Å². The van der Waals surface area contributed by atoms with Gasteiger partial charge in [0, 0.05) is 24.6 Å². The zero-order valence-electron chi connectivity index (χ0n) is 11.6. The highest BCUT2D eigenvalue weighted by Gasteiger charge is 2.16. The second-order valence-corrected chi connectivity index (χ2v) is 5.46. The maximum atomic E-state index is 12.4. The molecule has 1 aromatic heterocycles. The summed E-state index contributed by atoms with van der Waals surface area (Å²) in [6.45, 7) is 4.40. The molecule has 0 fully saturated rings. The lowest BCUT2D eigenvalue weighted by Gasteiger charge is -2.09. The standard InChI is InChI=1S/C15H17N3O2/c1-9(2)14(19)16-10-5-6-12-11(8-10)15(20)18-7-3-4-13(18)17-12/h5-6,8-9H,3-4,7H2,1-2H3,(H,16,19). The summed E-state index contributed by atoms with van der Waals surface area (Å²) in [7, 11) is 0. The van der Waals surface area contributed by atoms with Gasteiger partial charge in [-0.05, 0) is 24.6 Å². The molecule has 0 spiro atoms. The Morgan fingerprint density at radius 1 is 1.40 bits per heavy atom. The summed E-state index contributed by atoms with van der Waals surface area (Å²) in [5.74, 6) is 0.713. The lowest BCUT2D eigenvalue weighted by Crippen LogP contribution is -2.21. The fraction of sp³-hybridized carbons (Fsp3) is 0.400. The van der Waals surface area contributed by atoms with Crippen LogP contribution in [0.15, 0.2) is 23.0 Å². The van der Waals surface area contributed by atoms with Gasteiger partial charge in [0.15, 0.2) is 0 Å². The summed E-state index contributed by atoms with van der Waals surface area (Å²) in [6, 6.07) is 5.31. The van der Waals surface area contributed by atoms with E-state index >= 15 is 0 Å². The normalized spacial score (nSPS) is 13.8. The SMILES string of the molecule is CC(C)C(=O)Nc1ccc2nc3n(c(=O)c2c1)CCC3. The van der Waals surface area contributed by atoms with Gasteiger partial charge in [-0.25, -0.2) is 4.98 Å². The highest BCUT2D eigenvalue weighted by Crippen LogP contribution is 2.18. The van der Waals surface area contributed by atoms with E-state index in [0.717, 1.165) is 25.2 Å². The Bertz CT molecular complexity index is 747. The Morgan fingerprint density at radius 2 is 2.20 bits per heavy atom. The third kappa shape index (κ3) is 2.09. The molecular weight excluding hydrogens is 254 g/mol. The molecule has 5 nitrogen and oxygen atoms in total. The fourth-order valence-electron chi connectivity index (χ4n) is 2.45. The number of fused-ring (bicyclic) bond motifs is 2. The molecule has 1 amide bonds. The maximum Gasteiger partial charge on any atom is 0.261 e. The molecule has 0 saturated heterocycles. The van der Waals surface area contributed by atoms with Crippen LogP contribution in [-0.2, 0) is 17.8 Å². The number of carbonyl (C=O) groups excluding carboxylic acids is 1. The van der Waals surface area contributed by atoms with Gasteiger partial charge in [0.1, 0.15) is 5.82 Å². The zero-order chi connectivity index (χ0) is 14.3. The van der Waals surface area contributed by atoms with Crippen molar-refractivity contribution in [2.45, 2.75) is 33.2 Å². The van der Waals surface area contributed by atoms with Crippen molar-refractivity contribution >= 4 is 22.5 Å². The van der Waals surface area contributed by atoms with Crippen molar-refractivity contribution in [3.05, 3.63) is 34.4 Å². The van der Waals surface area contributed by atoms with E-state index in [9.17, 15) is 9.59 Å². The van der Waals surface area contributed by atoms with E-state index in [0.29, 0.717) is 16.6 Å². The molecule has 2 aromatic rings. The Balaban J connectivity index is 2.07. The third-order valence-corrected chi connectivity index (χ3v) is 3.61. The number of amides is 1. The molecule has 3 rings (SSSR count). The van der Waals surface area contributed by atoms with Crippen molar-refractivity contribution in [1.82, 2.24) is 9.55 Å². The highest BCUT2D eigenvalue weighted by molar-refractivity contribution is 5.94. The van der Waals surface area contributed by atoms with Gasteiger partial charge in [0.25, 0.3) is 5.56 Å². The first-order chi connectivity index (χ1) is 9.56. The Labute approximate surface area is 116 Å². The van der Waals surface area contributed by atoms with Crippen molar-refractivity contribution in [2.24, 2.45) is 5.92 Å². The van der Waals surface area contributed by atoms with Crippen LogP contribution in [0.2, 0.25) is 0 Å². The second kappa shape index (κ2) is 4.74. The van der Waals surface area contributed by atoms with E-state index in [1.54, 1.807) is 22.8 Å². The van der Waals surface area contributed by atoms with E-state index in [2.05, 4.69) is 10.3 Å². The minimum Gasteiger partial charge on any atom is -0.326 e. The first kappa shape index (κ1) is 12.8. The number of aromatic nitrogens is 2. The molecule has 1 aromatic carbocycles. The van der Waals surface area contributed by atoms with Crippen molar-refractivity contribution in [2.75, 3.05) is 5.32 Å². The summed E-state index contributed by atoms with van der Waals surface area (Å²) in [4.78, 5) is 28.6. The summed E-state index contributed by atoms with van der Waals surface area (Å²) < 4.78 is 1.73. The predicted octanol–water partition coefficient (Wildman–Crippen LogP) is 1.94. The smallest absolute Gasteiger partial charge is 0.261 e. The quantitative estimate of drug-likeness (QED) is 0.907. The van der Waals surface area contributed by atoms with E-state index in [1.165, 1.54) is 0 Å². The van der Waals surface area contributed by atoms with Gasteiger partial charge in [0.2, 0.25) is 5.91 Å². The van der Waals surface area contributed by atoms with E-state index < -0.39 is 0 Å². The molecule has 0 saturated carbocycles. The van der Waals surface area contributed by atoms with Crippen LogP contribution in [-0.4, -0.2) is 15.5 Å². The number of anilines is 1. The van der Waals surface area contributed by atoms with Crippen LogP contribution in [0.5, 0.6) is 0 Å². The van der Waals surface area contributed by atoms with Crippen LogP contribution >= 0.6 is 0 Å². The lowest BCUT2D eigenvalue weighted by atomic mass is 10.2. The van der Waals surface area contributed by atoms with Crippen LogP contribution in [0.4, 0.5) is 5.69 Å². The predicted molar refractivity (Wildman–Crippen MR) is 77.8 cm³/mol. The average molecular weight is 271 g/mol. The third-order valence-electron chi connectivity index (χ3n) is 3.61. The summed E-state index contributed by atoms with van der Waals surface area (Å²) in [5, 5.41) is 3.38. The molecule has 0 aliphatic carbocycles. The number of hydrogen-bond acceptors (Lipinski definition) is 3. The van der Waals surface area contributed by atoms with Gasteiger partial charge < -0.3 is 5.32 Å². The molecule has 0 atom stereocenters. The Morgan fingerprint density at radius 3 is 2.95 bits per heavy atom. The van der Waals surface area contributed by atoms with Crippen molar-refractivity contribution in [3.63, 3.8) is 0 Å². The minimum atomic E-state index is -0.0926. The number of hydrogen-bond donors (Lipinski definition) is 1. The number of benzene rings is 1. The first-order valence-corrected chi connectivity index (χ1v) is 6.90. The fourth-order valence-corrected chi connectivity index (χ4v) is 2.45. The molecule has 1 aliphatic heterocycles. The molecule has 104 valence electrons. The Hall–Kier alpha value is -2.17. The largest absolute Gasteiger partial charge is 0.326 e. The van der Waals surface area contributed by atoms with Gasteiger partial charge in [0.05, 0.1) is 10.9 Å². The molecule has 20 heavy (non-hydrogen) atoms. The highest BCUT2D eigenvalue weighted by atomic mass is 16.2. The van der Waals surface area contributed by atoms with Gasteiger partial charge in [-0.1, -0.05) is 13.8 Å². The van der Waals surface area contributed by atoms with Crippen LogP contribution in [0.25, 0.3) is 10.9 Å². The molecule has 0 unspecified atom stereocenters. The van der Waals surface area contributed by atoms with E-state index in [1.807, 2.05) is 13.8 Å². The van der Waals surface area contributed by atoms with Crippen molar-refractivity contribution in [3.8, 4) is 0 Å². The van der Waals surface area contributed by atoms with Crippen LogP contribution in [0, 0.1) is 5.92 Å². The maximum absolute atomic E-state index is 12.4. The first-order valence-electron chi connectivity index (χ1n) is 6.90. The van der Waals surface area contributed by atoms with Crippen LogP contribution in [0.1, 0.15) is 26.1 Å². The van der Waals surface area contributed by atoms with Crippen LogP contribution in [0.3, 0.4) is 0 Å². The van der Waals surface area contributed by atoms with E-state index in [-0.39, 0.29) is 17.4 Å². The van der Waals surface area contributed by atoms with Crippen molar-refractivity contribution < 1.29 is 4.79 Å². The topological polar surface area (TPSA) is 64.0 Å². The van der Waals surface area contributed by atoms with Gasteiger partial charge in [-0.15, -0.1) is 0 Å². The van der Waals surface area contributed by atoms with Gasteiger partial charge >= 0.3 is 0 Å². The molecule has 0 radical (unpaired) electrons. The number of aryl methyl sites for hydroxylation is 1. The molecule has 2 heterocycles. The zero-order valence-corrected chi connectivity index (χ0v) is 11.6. The molecule has 1 aliphatic rings. The molecule has 5 heteroatoms. The summed E-state index contributed by atoms with van der Waals surface area (Å²) >= 11 is 0. The molecule has 1 N–H and O–H groups in total. The summed E-state index contributed by atoms with van der Waals surface area (Å²) in [5.41, 5.74) is 1.34. The van der Waals surface area contributed by atoms with Crippen LogP contribution < -0.4 is 10.9 Å². The van der Waals surface area contributed by atoms with Crippen molar-refractivity contribution in [1.29, 1.82) is 0 Å². The number of nitrogens with one attached hydrogen (secondary N) is 1. The molecule has 0 bridgehead atoms.